The lowest BCUT2D eigenvalue weighted by atomic mass is 9.84. The van der Waals surface area contributed by atoms with Gasteiger partial charge in [-0.2, -0.15) is 0 Å². The smallest absolute Gasteiger partial charge is 0.0670 e. The molecule has 1 unspecified atom stereocenters. The lowest BCUT2D eigenvalue weighted by Crippen LogP contribution is -2.45. The van der Waals surface area contributed by atoms with Crippen LogP contribution < -0.4 is 5.32 Å². The lowest BCUT2D eigenvalue weighted by molar-refractivity contribution is 0.0896. The summed E-state index contributed by atoms with van der Waals surface area (Å²) in [6, 6.07) is 0.174. The Labute approximate surface area is 63.6 Å². The summed E-state index contributed by atoms with van der Waals surface area (Å²) in [5.74, 6) is 0. The van der Waals surface area contributed by atoms with E-state index in [0.717, 1.165) is 0 Å². The van der Waals surface area contributed by atoms with Crippen LogP contribution in [0.3, 0.4) is 0 Å². The Balaban J connectivity index is 4.07. The van der Waals surface area contributed by atoms with Crippen LogP contribution in [0.25, 0.3) is 0 Å². The van der Waals surface area contributed by atoms with Crippen molar-refractivity contribution in [1.82, 2.24) is 5.32 Å². The Morgan fingerprint density at radius 2 is 1.70 bits per heavy atom. The van der Waals surface area contributed by atoms with Crippen molar-refractivity contribution in [1.29, 1.82) is 0 Å². The highest BCUT2D eigenvalue weighted by Gasteiger charge is 2.26. The summed E-state index contributed by atoms with van der Waals surface area (Å²) in [4.78, 5) is 0. The fourth-order valence-corrected chi connectivity index (χ4v) is 1.40. The van der Waals surface area contributed by atoms with Gasteiger partial charge in [0.25, 0.3) is 0 Å². The molecule has 0 saturated carbocycles. The number of rotatable bonds is 2. The van der Waals surface area contributed by atoms with Crippen molar-refractivity contribution in [2.24, 2.45) is 5.41 Å². The van der Waals surface area contributed by atoms with Crippen LogP contribution >= 0.6 is 0 Å². The highest BCUT2D eigenvalue weighted by molar-refractivity contribution is 4.82. The minimum absolute atomic E-state index is 0.128. The second-order valence-corrected chi connectivity index (χ2v) is 3.87. The molecule has 0 aliphatic carbocycles. The van der Waals surface area contributed by atoms with Gasteiger partial charge in [-0.1, -0.05) is 20.8 Å². The maximum atomic E-state index is 9.29. The minimum Gasteiger partial charge on any atom is -0.392 e. The minimum atomic E-state index is -0.287. The van der Waals surface area contributed by atoms with E-state index in [-0.39, 0.29) is 17.6 Å². The largest absolute Gasteiger partial charge is 0.392 e. The first kappa shape index (κ1) is 9.92. The summed E-state index contributed by atoms with van der Waals surface area (Å²) in [5, 5.41) is 12.4. The fraction of sp³-hybridized carbons (Fsp3) is 1.00. The third-order valence-electron chi connectivity index (χ3n) is 1.73. The molecule has 0 spiro atoms. The molecular formula is C8H19NO. The SMILES string of the molecule is CN[C@H](C(C)O)C(C)(C)C. The molecule has 0 bridgehead atoms. The molecule has 0 fully saturated rings. The summed E-state index contributed by atoms with van der Waals surface area (Å²) >= 11 is 0. The van der Waals surface area contributed by atoms with E-state index in [1.165, 1.54) is 0 Å². The van der Waals surface area contributed by atoms with Crippen LogP contribution in [-0.4, -0.2) is 24.3 Å². The number of nitrogens with one attached hydrogen (secondary N) is 1. The Kier molecular flexibility index (Phi) is 3.33. The normalized spacial score (nSPS) is 18.6. The second-order valence-electron chi connectivity index (χ2n) is 3.87. The van der Waals surface area contributed by atoms with Gasteiger partial charge < -0.3 is 10.4 Å². The van der Waals surface area contributed by atoms with Gasteiger partial charge in [0.15, 0.2) is 0 Å². The Hall–Kier alpha value is -0.0800. The van der Waals surface area contributed by atoms with Crippen LogP contribution in [0.5, 0.6) is 0 Å². The van der Waals surface area contributed by atoms with Crippen molar-refractivity contribution in [3.05, 3.63) is 0 Å². The standard InChI is InChI=1S/C8H19NO/c1-6(10)7(9-5)8(2,3)4/h6-7,9-10H,1-5H3/t6?,7-/m1/s1. The molecule has 0 aliphatic heterocycles. The molecule has 2 atom stereocenters. The average Bonchev–Trinajstić information content (AvgIpc) is 1.60. The molecule has 2 heteroatoms. The summed E-state index contributed by atoms with van der Waals surface area (Å²) in [7, 11) is 1.88. The molecule has 2 N–H and O–H groups in total. The van der Waals surface area contributed by atoms with Gasteiger partial charge in [-0.25, -0.2) is 0 Å². The van der Waals surface area contributed by atoms with E-state index in [1.54, 1.807) is 0 Å². The van der Waals surface area contributed by atoms with Crippen molar-refractivity contribution >= 4 is 0 Å². The first-order valence-corrected chi connectivity index (χ1v) is 3.75. The molecule has 0 aromatic carbocycles. The molecule has 10 heavy (non-hydrogen) atoms. The van der Waals surface area contributed by atoms with Gasteiger partial charge in [0.1, 0.15) is 0 Å². The van der Waals surface area contributed by atoms with Crippen molar-refractivity contribution in [3.8, 4) is 0 Å². The maximum Gasteiger partial charge on any atom is 0.0670 e. The molecule has 0 aromatic heterocycles. The van der Waals surface area contributed by atoms with Crippen molar-refractivity contribution in [2.45, 2.75) is 39.8 Å². The van der Waals surface area contributed by atoms with Crippen molar-refractivity contribution in [3.63, 3.8) is 0 Å². The second kappa shape index (κ2) is 3.35. The van der Waals surface area contributed by atoms with Crippen LogP contribution in [0.4, 0.5) is 0 Å². The maximum absolute atomic E-state index is 9.29. The van der Waals surface area contributed by atoms with Gasteiger partial charge in [-0.05, 0) is 19.4 Å². The van der Waals surface area contributed by atoms with E-state index in [4.69, 9.17) is 0 Å². The summed E-state index contributed by atoms with van der Waals surface area (Å²) in [6.45, 7) is 8.15. The predicted molar refractivity (Wildman–Crippen MR) is 44.0 cm³/mol. The van der Waals surface area contributed by atoms with Gasteiger partial charge in [0.05, 0.1) is 6.10 Å². The Morgan fingerprint density at radius 3 is 1.70 bits per heavy atom. The van der Waals surface area contributed by atoms with Gasteiger partial charge in [0.2, 0.25) is 0 Å². The van der Waals surface area contributed by atoms with Crippen LogP contribution in [0, 0.1) is 5.41 Å². The third kappa shape index (κ3) is 2.67. The highest BCUT2D eigenvalue weighted by atomic mass is 16.3. The van der Waals surface area contributed by atoms with Gasteiger partial charge in [-0.3, -0.25) is 0 Å². The third-order valence-corrected chi connectivity index (χ3v) is 1.73. The number of hydrogen-bond acceptors (Lipinski definition) is 2. The van der Waals surface area contributed by atoms with Gasteiger partial charge in [0, 0.05) is 6.04 Å². The Morgan fingerprint density at radius 1 is 1.30 bits per heavy atom. The zero-order valence-corrected chi connectivity index (χ0v) is 7.60. The number of hydrogen-bond donors (Lipinski definition) is 2. The summed E-state index contributed by atoms with van der Waals surface area (Å²) in [5.41, 5.74) is 0.128. The molecule has 62 valence electrons. The molecular weight excluding hydrogens is 126 g/mol. The number of aliphatic hydroxyl groups excluding tert-OH is 1. The first-order valence-electron chi connectivity index (χ1n) is 3.75. The highest BCUT2D eigenvalue weighted by Crippen LogP contribution is 2.21. The van der Waals surface area contributed by atoms with Gasteiger partial charge in [-0.15, -0.1) is 0 Å². The van der Waals surface area contributed by atoms with E-state index in [2.05, 4.69) is 26.1 Å². The first-order chi connectivity index (χ1) is 4.39. The van der Waals surface area contributed by atoms with Crippen molar-refractivity contribution < 1.29 is 5.11 Å². The van der Waals surface area contributed by atoms with Crippen LogP contribution in [-0.2, 0) is 0 Å². The van der Waals surface area contributed by atoms with Gasteiger partial charge >= 0.3 is 0 Å². The topological polar surface area (TPSA) is 32.3 Å². The quantitative estimate of drug-likeness (QED) is 0.607. The summed E-state index contributed by atoms with van der Waals surface area (Å²) < 4.78 is 0. The van der Waals surface area contributed by atoms with Crippen LogP contribution in [0.15, 0.2) is 0 Å². The number of aliphatic hydroxyl groups is 1. The monoisotopic (exact) mass is 145 g/mol. The number of likely N-dealkylation sites (N-methyl/N-ethyl adjacent to an activating group) is 1. The molecule has 0 saturated heterocycles. The van der Waals surface area contributed by atoms with E-state index in [1.807, 2.05) is 14.0 Å². The molecule has 0 aliphatic rings. The lowest BCUT2D eigenvalue weighted by Gasteiger charge is -2.32. The molecule has 0 rings (SSSR count). The molecule has 0 heterocycles. The Bertz CT molecular complexity index is 93.9. The average molecular weight is 145 g/mol. The predicted octanol–water partition coefficient (Wildman–Crippen LogP) is 1.00. The van der Waals surface area contributed by atoms with E-state index in [9.17, 15) is 5.11 Å². The van der Waals surface area contributed by atoms with Crippen molar-refractivity contribution in [2.75, 3.05) is 7.05 Å². The van der Waals surface area contributed by atoms with Crippen LogP contribution in [0.1, 0.15) is 27.7 Å². The zero-order valence-electron chi connectivity index (χ0n) is 7.60. The molecule has 0 aromatic rings. The van der Waals surface area contributed by atoms with E-state index in [0.29, 0.717) is 0 Å². The fourth-order valence-electron chi connectivity index (χ4n) is 1.40. The molecule has 2 nitrogen and oxygen atoms in total. The van der Waals surface area contributed by atoms with Crippen LogP contribution in [0.2, 0.25) is 0 Å². The van der Waals surface area contributed by atoms with E-state index < -0.39 is 0 Å². The summed E-state index contributed by atoms with van der Waals surface area (Å²) in [6.07, 6.45) is -0.287. The zero-order chi connectivity index (χ0) is 8.36. The molecule has 0 amide bonds. The molecule has 0 radical (unpaired) electrons. The van der Waals surface area contributed by atoms with E-state index >= 15 is 0 Å².